The molecule has 8 heteroatoms. The molecule has 0 radical (unpaired) electrons. The van der Waals surface area contributed by atoms with Gasteiger partial charge in [-0.15, -0.1) is 12.4 Å². The van der Waals surface area contributed by atoms with Gasteiger partial charge in [0.1, 0.15) is 11.5 Å². The monoisotopic (exact) mass is 407 g/mol. The summed E-state index contributed by atoms with van der Waals surface area (Å²) in [5, 5.41) is 5.59. The van der Waals surface area contributed by atoms with Gasteiger partial charge in [0.2, 0.25) is 5.91 Å². The zero-order valence-corrected chi connectivity index (χ0v) is 17.1. The second-order valence-corrected chi connectivity index (χ2v) is 6.21. The number of anilines is 2. The predicted molar refractivity (Wildman–Crippen MR) is 113 cm³/mol. The van der Waals surface area contributed by atoms with E-state index in [1.807, 2.05) is 6.07 Å². The van der Waals surface area contributed by atoms with Crippen LogP contribution in [-0.2, 0) is 4.79 Å². The van der Waals surface area contributed by atoms with Crippen molar-refractivity contribution in [2.24, 2.45) is 11.7 Å². The van der Waals surface area contributed by atoms with Gasteiger partial charge >= 0.3 is 0 Å². The molecule has 0 fully saturated rings. The number of nitrogens with one attached hydrogen (secondary N) is 2. The maximum Gasteiger partial charge on any atom is 0.255 e. The summed E-state index contributed by atoms with van der Waals surface area (Å²) < 4.78 is 10.7. The van der Waals surface area contributed by atoms with Gasteiger partial charge in [0.25, 0.3) is 5.91 Å². The second-order valence-electron chi connectivity index (χ2n) is 6.21. The molecule has 7 nitrogen and oxygen atoms in total. The Hall–Kier alpha value is -2.77. The molecule has 28 heavy (non-hydrogen) atoms. The summed E-state index contributed by atoms with van der Waals surface area (Å²) in [4.78, 5) is 24.7. The average Bonchev–Trinajstić information content (AvgIpc) is 2.68. The Balaban J connectivity index is 0.00000392. The highest BCUT2D eigenvalue weighted by atomic mass is 35.5. The number of benzene rings is 2. The molecule has 0 aliphatic carbocycles. The third-order valence-electron chi connectivity index (χ3n) is 4.27. The number of carbonyl (C=O) groups is 2. The number of hydrogen-bond donors (Lipinski definition) is 3. The van der Waals surface area contributed by atoms with Gasteiger partial charge in [-0.2, -0.15) is 0 Å². The first-order valence-corrected chi connectivity index (χ1v) is 8.56. The maximum absolute atomic E-state index is 12.4. The van der Waals surface area contributed by atoms with Crippen LogP contribution in [0, 0.1) is 5.92 Å². The van der Waals surface area contributed by atoms with Gasteiger partial charge < -0.3 is 25.8 Å². The topological polar surface area (TPSA) is 103 Å². The van der Waals surface area contributed by atoms with Crippen LogP contribution in [0.15, 0.2) is 42.5 Å². The SMILES string of the molecule is COc1cc(NC(=O)C(C)C(C)N)c(OC)cc1NC(=O)c1ccccc1.Cl. The minimum atomic E-state index is -0.377. The van der Waals surface area contributed by atoms with Crippen molar-refractivity contribution in [3.63, 3.8) is 0 Å². The summed E-state index contributed by atoms with van der Waals surface area (Å²) in [6, 6.07) is 11.7. The van der Waals surface area contributed by atoms with Crippen LogP contribution in [-0.4, -0.2) is 32.1 Å². The highest BCUT2D eigenvalue weighted by Gasteiger charge is 2.20. The largest absolute Gasteiger partial charge is 0.494 e. The highest BCUT2D eigenvalue weighted by Crippen LogP contribution is 2.37. The Morgan fingerprint density at radius 1 is 0.929 bits per heavy atom. The van der Waals surface area contributed by atoms with Crippen molar-refractivity contribution in [2.75, 3.05) is 24.9 Å². The summed E-state index contributed by atoms with van der Waals surface area (Å²) in [5.74, 6) is -0.101. The van der Waals surface area contributed by atoms with Crippen LogP contribution in [0.2, 0.25) is 0 Å². The van der Waals surface area contributed by atoms with E-state index in [-0.39, 0.29) is 36.2 Å². The Kier molecular flexibility index (Phi) is 8.76. The summed E-state index contributed by atoms with van der Waals surface area (Å²) in [5.41, 5.74) is 7.17. The van der Waals surface area contributed by atoms with Crippen LogP contribution in [0.1, 0.15) is 24.2 Å². The maximum atomic E-state index is 12.4. The van der Waals surface area contributed by atoms with Crippen molar-refractivity contribution in [1.82, 2.24) is 0 Å². The molecule has 2 atom stereocenters. The highest BCUT2D eigenvalue weighted by molar-refractivity contribution is 6.05. The standard InChI is InChI=1S/C20H25N3O4.ClH/c1-12(13(2)21)19(24)22-15-10-18(27-4)16(11-17(15)26-3)23-20(25)14-8-6-5-7-9-14;/h5-13H,21H2,1-4H3,(H,22,24)(H,23,25);1H. The van der Waals surface area contributed by atoms with Crippen molar-refractivity contribution in [1.29, 1.82) is 0 Å². The minimum absolute atomic E-state index is 0. The normalized spacial score (nSPS) is 12.2. The molecule has 4 N–H and O–H groups in total. The number of amides is 2. The number of ether oxygens (including phenoxy) is 2. The summed E-state index contributed by atoms with van der Waals surface area (Å²) >= 11 is 0. The van der Waals surface area contributed by atoms with Crippen LogP contribution in [0.25, 0.3) is 0 Å². The van der Waals surface area contributed by atoms with E-state index in [4.69, 9.17) is 15.2 Å². The fourth-order valence-corrected chi connectivity index (χ4v) is 2.36. The molecule has 0 spiro atoms. The molecule has 2 aromatic rings. The van der Waals surface area contributed by atoms with E-state index in [2.05, 4.69) is 10.6 Å². The molecule has 0 aromatic heterocycles. The summed E-state index contributed by atoms with van der Waals surface area (Å²) in [6.07, 6.45) is 0. The number of methoxy groups -OCH3 is 2. The fraction of sp³-hybridized carbons (Fsp3) is 0.300. The molecule has 2 amide bonds. The first kappa shape index (κ1) is 23.3. The number of halogens is 1. The Bertz CT molecular complexity index is 813. The number of rotatable bonds is 7. The van der Waals surface area contributed by atoms with E-state index in [1.54, 1.807) is 50.2 Å². The quantitative estimate of drug-likeness (QED) is 0.653. The molecular formula is C20H26ClN3O4. The predicted octanol–water partition coefficient (Wildman–Crippen LogP) is 3.30. The van der Waals surface area contributed by atoms with Crippen molar-refractivity contribution in [3.8, 4) is 11.5 Å². The zero-order valence-electron chi connectivity index (χ0n) is 16.3. The number of carbonyl (C=O) groups excluding carboxylic acids is 2. The van der Waals surface area contributed by atoms with Crippen LogP contribution >= 0.6 is 12.4 Å². The summed E-state index contributed by atoms with van der Waals surface area (Å²) in [7, 11) is 2.96. The Morgan fingerprint density at radius 3 is 1.89 bits per heavy atom. The Labute approximate surface area is 171 Å². The molecule has 2 rings (SSSR count). The van der Waals surface area contributed by atoms with Gasteiger partial charge in [0.05, 0.1) is 31.5 Å². The minimum Gasteiger partial charge on any atom is -0.494 e. The van der Waals surface area contributed by atoms with Gasteiger partial charge in [0, 0.05) is 23.7 Å². The third-order valence-corrected chi connectivity index (χ3v) is 4.27. The third kappa shape index (κ3) is 5.61. The molecule has 0 aliphatic rings. The molecule has 152 valence electrons. The van der Waals surface area contributed by atoms with E-state index in [1.165, 1.54) is 14.2 Å². The van der Waals surface area contributed by atoms with E-state index >= 15 is 0 Å². The lowest BCUT2D eigenvalue weighted by molar-refractivity contribution is -0.119. The number of hydrogen-bond acceptors (Lipinski definition) is 5. The van der Waals surface area contributed by atoms with E-state index in [0.717, 1.165) is 0 Å². The van der Waals surface area contributed by atoms with Crippen LogP contribution in [0.3, 0.4) is 0 Å². The molecule has 2 aromatic carbocycles. The lowest BCUT2D eigenvalue weighted by Crippen LogP contribution is -2.34. The van der Waals surface area contributed by atoms with Crippen molar-refractivity contribution >= 4 is 35.6 Å². The Morgan fingerprint density at radius 2 is 1.43 bits per heavy atom. The molecular weight excluding hydrogens is 382 g/mol. The molecule has 0 aliphatic heterocycles. The van der Waals surface area contributed by atoms with Gasteiger partial charge in [-0.05, 0) is 19.1 Å². The van der Waals surface area contributed by atoms with Gasteiger partial charge in [-0.25, -0.2) is 0 Å². The first-order valence-electron chi connectivity index (χ1n) is 8.56. The average molecular weight is 408 g/mol. The number of nitrogens with two attached hydrogens (primary N) is 1. The van der Waals surface area contributed by atoms with Gasteiger partial charge in [0.15, 0.2) is 0 Å². The van der Waals surface area contributed by atoms with E-state index < -0.39 is 0 Å². The molecule has 2 unspecified atom stereocenters. The molecule has 0 saturated heterocycles. The first-order chi connectivity index (χ1) is 12.9. The van der Waals surface area contributed by atoms with Crippen molar-refractivity contribution in [2.45, 2.75) is 19.9 Å². The van der Waals surface area contributed by atoms with Gasteiger partial charge in [-0.1, -0.05) is 25.1 Å². The van der Waals surface area contributed by atoms with Crippen LogP contribution < -0.4 is 25.8 Å². The lowest BCUT2D eigenvalue weighted by Gasteiger charge is -2.19. The molecule has 0 heterocycles. The smallest absolute Gasteiger partial charge is 0.255 e. The van der Waals surface area contributed by atoms with Crippen molar-refractivity contribution in [3.05, 3.63) is 48.0 Å². The van der Waals surface area contributed by atoms with Gasteiger partial charge in [-0.3, -0.25) is 9.59 Å². The second kappa shape index (κ2) is 10.5. The van der Waals surface area contributed by atoms with Crippen molar-refractivity contribution < 1.29 is 19.1 Å². The van der Waals surface area contributed by atoms with Crippen LogP contribution in [0.5, 0.6) is 11.5 Å². The molecule has 0 bridgehead atoms. The molecule has 0 saturated carbocycles. The fourth-order valence-electron chi connectivity index (χ4n) is 2.36. The van der Waals surface area contributed by atoms with E-state index in [0.29, 0.717) is 28.4 Å². The summed E-state index contributed by atoms with van der Waals surface area (Å²) in [6.45, 7) is 3.52. The van der Waals surface area contributed by atoms with Crippen LogP contribution in [0.4, 0.5) is 11.4 Å². The zero-order chi connectivity index (χ0) is 20.0. The van der Waals surface area contributed by atoms with E-state index in [9.17, 15) is 9.59 Å². The lowest BCUT2D eigenvalue weighted by atomic mass is 10.0.